The quantitative estimate of drug-likeness (QED) is 0.514. The fourth-order valence-corrected chi connectivity index (χ4v) is 3.90. The Kier molecular flexibility index (Phi) is 5.96. The SMILES string of the molecule is O=C(CSc1n[nH]c(Cc2cccs2)n1)NC(=O)Nc1ccc2c(c1)OCCO2. The molecule has 3 amide bonds. The van der Waals surface area contributed by atoms with Gasteiger partial charge in [0, 0.05) is 23.1 Å². The maximum Gasteiger partial charge on any atom is 0.325 e. The number of fused-ring (bicyclic) bond motifs is 1. The Hall–Kier alpha value is -3.05. The number of urea groups is 1. The fraction of sp³-hybridized carbons (Fsp3) is 0.222. The second-order valence-electron chi connectivity index (χ2n) is 5.97. The molecule has 0 radical (unpaired) electrons. The van der Waals surface area contributed by atoms with Crippen molar-refractivity contribution in [3.8, 4) is 11.5 Å². The number of rotatable bonds is 6. The van der Waals surface area contributed by atoms with Crippen LogP contribution in [0.1, 0.15) is 10.7 Å². The molecule has 9 nitrogen and oxygen atoms in total. The number of benzene rings is 1. The Morgan fingerprint density at radius 2 is 2.07 bits per heavy atom. The Morgan fingerprint density at radius 1 is 1.21 bits per heavy atom. The van der Waals surface area contributed by atoms with Crippen LogP contribution in [0.3, 0.4) is 0 Å². The average Bonchev–Trinajstić information content (AvgIpc) is 3.38. The first-order valence-corrected chi connectivity index (χ1v) is 10.6. The third-order valence-corrected chi connectivity index (χ3v) is 5.54. The lowest BCUT2D eigenvalue weighted by molar-refractivity contribution is -0.117. The van der Waals surface area contributed by atoms with E-state index < -0.39 is 11.9 Å². The van der Waals surface area contributed by atoms with Crippen LogP contribution in [0.2, 0.25) is 0 Å². The summed E-state index contributed by atoms with van der Waals surface area (Å²) in [7, 11) is 0. The molecule has 0 unspecified atom stereocenters. The number of imide groups is 1. The minimum Gasteiger partial charge on any atom is -0.486 e. The van der Waals surface area contributed by atoms with Crippen LogP contribution < -0.4 is 20.1 Å². The third kappa shape index (κ3) is 5.27. The van der Waals surface area contributed by atoms with Crippen molar-refractivity contribution >= 4 is 40.7 Å². The van der Waals surface area contributed by atoms with E-state index in [1.54, 1.807) is 29.5 Å². The van der Waals surface area contributed by atoms with Crippen molar-refractivity contribution in [2.45, 2.75) is 11.6 Å². The Labute approximate surface area is 174 Å². The molecule has 11 heteroatoms. The van der Waals surface area contributed by atoms with Gasteiger partial charge in [0.05, 0.1) is 5.75 Å². The van der Waals surface area contributed by atoms with Crippen molar-refractivity contribution < 1.29 is 19.1 Å². The van der Waals surface area contributed by atoms with Gasteiger partial charge in [-0.1, -0.05) is 17.8 Å². The predicted molar refractivity (Wildman–Crippen MR) is 109 cm³/mol. The average molecular weight is 431 g/mol. The van der Waals surface area contributed by atoms with Crippen molar-refractivity contribution in [1.29, 1.82) is 0 Å². The van der Waals surface area contributed by atoms with E-state index in [-0.39, 0.29) is 5.75 Å². The normalized spacial score (nSPS) is 12.4. The first kappa shape index (κ1) is 19.3. The lowest BCUT2D eigenvalue weighted by Crippen LogP contribution is -2.35. The Bertz CT molecular complexity index is 1010. The number of thioether (sulfide) groups is 1. The van der Waals surface area contributed by atoms with Gasteiger partial charge in [0.2, 0.25) is 11.1 Å². The van der Waals surface area contributed by atoms with Crippen LogP contribution in [0.5, 0.6) is 11.5 Å². The van der Waals surface area contributed by atoms with Crippen LogP contribution in [-0.4, -0.2) is 46.1 Å². The van der Waals surface area contributed by atoms with Gasteiger partial charge in [-0.05, 0) is 23.6 Å². The highest BCUT2D eigenvalue weighted by molar-refractivity contribution is 7.99. The molecule has 3 aromatic rings. The molecule has 0 fully saturated rings. The molecule has 0 bridgehead atoms. The number of anilines is 1. The molecule has 29 heavy (non-hydrogen) atoms. The zero-order valence-corrected chi connectivity index (χ0v) is 16.8. The van der Waals surface area contributed by atoms with Crippen LogP contribution in [0.4, 0.5) is 10.5 Å². The number of amides is 3. The van der Waals surface area contributed by atoms with Gasteiger partial charge >= 0.3 is 6.03 Å². The molecule has 2 aromatic heterocycles. The molecule has 150 valence electrons. The second kappa shape index (κ2) is 8.97. The highest BCUT2D eigenvalue weighted by atomic mass is 32.2. The second-order valence-corrected chi connectivity index (χ2v) is 7.94. The molecule has 0 aliphatic carbocycles. The number of ether oxygens (including phenoxy) is 2. The highest BCUT2D eigenvalue weighted by Gasteiger charge is 2.14. The summed E-state index contributed by atoms with van der Waals surface area (Å²) >= 11 is 2.79. The standard InChI is InChI=1S/C18H17N5O4S2/c24-16(10-29-18-20-15(22-23-18)9-12-2-1-7-28-12)21-17(25)19-11-3-4-13-14(8-11)27-6-5-26-13/h1-4,7-8H,5-6,9-10H2,(H,20,22,23)(H2,19,21,24,25). The lowest BCUT2D eigenvalue weighted by Gasteiger charge is -2.19. The summed E-state index contributed by atoms with van der Waals surface area (Å²) in [6.07, 6.45) is 0.662. The van der Waals surface area contributed by atoms with E-state index in [2.05, 4.69) is 25.8 Å². The molecule has 1 aliphatic rings. The summed E-state index contributed by atoms with van der Waals surface area (Å²) in [5.41, 5.74) is 0.499. The first-order valence-electron chi connectivity index (χ1n) is 8.72. The molecule has 0 saturated heterocycles. The van der Waals surface area contributed by atoms with Crippen LogP contribution in [0.15, 0.2) is 40.9 Å². The van der Waals surface area contributed by atoms with E-state index in [4.69, 9.17) is 9.47 Å². The van der Waals surface area contributed by atoms with Gasteiger partial charge < -0.3 is 14.8 Å². The number of thiophene rings is 1. The number of hydrogen-bond acceptors (Lipinski definition) is 8. The third-order valence-electron chi connectivity index (χ3n) is 3.82. The Balaban J connectivity index is 1.23. The molecule has 4 rings (SSSR count). The maximum absolute atomic E-state index is 12.0. The van der Waals surface area contributed by atoms with E-state index in [1.807, 2.05) is 17.5 Å². The van der Waals surface area contributed by atoms with Crippen LogP contribution >= 0.6 is 23.1 Å². The van der Waals surface area contributed by atoms with Gasteiger partial charge in [-0.2, -0.15) is 0 Å². The van der Waals surface area contributed by atoms with Gasteiger partial charge in [-0.25, -0.2) is 9.78 Å². The maximum atomic E-state index is 12.0. The number of carbonyl (C=O) groups excluding carboxylic acids is 2. The number of hydrogen-bond donors (Lipinski definition) is 3. The molecule has 1 aliphatic heterocycles. The van der Waals surface area contributed by atoms with Gasteiger partial charge in [-0.15, -0.1) is 16.4 Å². The highest BCUT2D eigenvalue weighted by Crippen LogP contribution is 2.32. The van der Waals surface area contributed by atoms with Crippen LogP contribution in [0.25, 0.3) is 0 Å². The largest absolute Gasteiger partial charge is 0.486 e. The summed E-state index contributed by atoms with van der Waals surface area (Å²) < 4.78 is 10.9. The number of aromatic nitrogens is 3. The summed E-state index contributed by atoms with van der Waals surface area (Å²) in [5, 5.41) is 14.3. The monoisotopic (exact) mass is 431 g/mol. The van der Waals surface area contributed by atoms with E-state index in [1.165, 1.54) is 4.88 Å². The molecule has 0 saturated carbocycles. The number of nitrogens with zero attached hydrogens (tertiary/aromatic N) is 2. The molecule has 1 aromatic carbocycles. The first-order chi connectivity index (χ1) is 14.2. The van der Waals surface area contributed by atoms with E-state index >= 15 is 0 Å². The van der Waals surface area contributed by atoms with Crippen LogP contribution in [-0.2, 0) is 11.2 Å². The van der Waals surface area contributed by atoms with E-state index in [0.717, 1.165) is 17.6 Å². The van der Waals surface area contributed by atoms with Gasteiger partial charge in [0.1, 0.15) is 19.0 Å². The van der Waals surface area contributed by atoms with Crippen molar-refractivity contribution in [1.82, 2.24) is 20.5 Å². The predicted octanol–water partition coefficient (Wildman–Crippen LogP) is 2.67. The van der Waals surface area contributed by atoms with Crippen molar-refractivity contribution in [3.05, 3.63) is 46.4 Å². The van der Waals surface area contributed by atoms with E-state index in [0.29, 0.717) is 42.0 Å². The molecular weight excluding hydrogens is 414 g/mol. The number of nitrogens with one attached hydrogen (secondary N) is 3. The van der Waals surface area contributed by atoms with Gasteiger partial charge in [0.25, 0.3) is 0 Å². The smallest absolute Gasteiger partial charge is 0.325 e. The summed E-state index contributed by atoms with van der Waals surface area (Å²) in [4.78, 5) is 29.5. The van der Waals surface area contributed by atoms with Crippen LogP contribution in [0, 0.1) is 0 Å². The topological polar surface area (TPSA) is 118 Å². The molecule has 0 atom stereocenters. The summed E-state index contributed by atoms with van der Waals surface area (Å²) in [6.45, 7) is 0.946. The molecule has 3 heterocycles. The number of aromatic amines is 1. The minimum absolute atomic E-state index is 0.0187. The molecule has 3 N–H and O–H groups in total. The lowest BCUT2D eigenvalue weighted by atomic mass is 10.2. The number of H-pyrrole nitrogens is 1. The van der Waals surface area contributed by atoms with Crippen molar-refractivity contribution in [3.63, 3.8) is 0 Å². The molecular formula is C18H17N5O4S2. The fourth-order valence-electron chi connectivity index (χ4n) is 2.58. The van der Waals surface area contributed by atoms with E-state index in [9.17, 15) is 9.59 Å². The Morgan fingerprint density at radius 3 is 2.90 bits per heavy atom. The summed E-state index contributed by atoms with van der Waals surface area (Å²) in [5.74, 6) is 1.48. The zero-order valence-electron chi connectivity index (χ0n) is 15.1. The molecule has 0 spiro atoms. The van der Waals surface area contributed by atoms with Crippen molar-refractivity contribution in [2.24, 2.45) is 0 Å². The minimum atomic E-state index is -0.624. The van der Waals surface area contributed by atoms with Crippen molar-refractivity contribution in [2.75, 3.05) is 24.3 Å². The summed E-state index contributed by atoms with van der Waals surface area (Å²) in [6, 6.07) is 8.41. The zero-order chi connectivity index (χ0) is 20.1. The van der Waals surface area contributed by atoms with Gasteiger partial charge in [0.15, 0.2) is 11.5 Å². The number of carbonyl (C=O) groups is 2. The van der Waals surface area contributed by atoms with Gasteiger partial charge in [-0.3, -0.25) is 15.2 Å².